The summed E-state index contributed by atoms with van der Waals surface area (Å²) >= 11 is 0. The normalized spacial score (nSPS) is 47.1. The maximum Gasteiger partial charge on any atom is 0.129 e. The second-order valence-electron chi connectivity index (χ2n) is 5.17. The van der Waals surface area contributed by atoms with Gasteiger partial charge in [-0.15, -0.1) is 0 Å². The zero-order chi connectivity index (χ0) is 10.4. The van der Waals surface area contributed by atoms with Crippen LogP contribution in [-0.2, 0) is 14.3 Å². The largest absolute Gasteiger partial charge is 0.370 e. The second-order valence-corrected chi connectivity index (χ2v) is 5.17. The van der Waals surface area contributed by atoms with Crippen LogP contribution in [0, 0.1) is 5.92 Å². The molecule has 0 radical (unpaired) electrons. The maximum atomic E-state index is 10.8. The molecule has 15 heavy (non-hydrogen) atoms. The Labute approximate surface area is 90.1 Å². The van der Waals surface area contributed by atoms with Gasteiger partial charge in [0.1, 0.15) is 5.78 Å². The van der Waals surface area contributed by atoms with Crippen LogP contribution in [0.15, 0.2) is 0 Å². The van der Waals surface area contributed by atoms with Crippen molar-refractivity contribution in [3.63, 3.8) is 0 Å². The summed E-state index contributed by atoms with van der Waals surface area (Å²) in [6, 6.07) is 0. The summed E-state index contributed by atoms with van der Waals surface area (Å²) < 4.78 is 11.2. The van der Waals surface area contributed by atoms with Crippen LogP contribution in [0.5, 0.6) is 0 Å². The first-order valence-electron chi connectivity index (χ1n) is 6.04. The van der Waals surface area contributed by atoms with Gasteiger partial charge < -0.3 is 14.3 Å². The van der Waals surface area contributed by atoms with Crippen molar-refractivity contribution in [2.45, 2.75) is 63.4 Å². The lowest BCUT2D eigenvalue weighted by atomic mass is 9.85. The molecule has 0 amide bonds. The van der Waals surface area contributed by atoms with Crippen LogP contribution in [0.25, 0.3) is 0 Å². The van der Waals surface area contributed by atoms with Gasteiger partial charge in [0, 0.05) is 6.42 Å². The van der Waals surface area contributed by atoms with E-state index in [1.54, 1.807) is 6.92 Å². The van der Waals surface area contributed by atoms with Gasteiger partial charge in [0.25, 0.3) is 0 Å². The van der Waals surface area contributed by atoms with Gasteiger partial charge in [-0.1, -0.05) is 0 Å². The van der Waals surface area contributed by atoms with E-state index in [0.717, 1.165) is 6.42 Å². The van der Waals surface area contributed by atoms with Gasteiger partial charge in [-0.05, 0) is 38.5 Å². The number of rotatable bonds is 4. The molecular weight excluding hydrogens is 192 g/mol. The lowest BCUT2D eigenvalue weighted by Crippen LogP contribution is -2.19. The van der Waals surface area contributed by atoms with E-state index in [1.165, 1.54) is 19.3 Å². The number of epoxide rings is 2. The lowest BCUT2D eigenvalue weighted by Gasteiger charge is -2.16. The Morgan fingerprint density at radius 2 is 2.13 bits per heavy atom. The first-order chi connectivity index (χ1) is 7.24. The number of ether oxygens (including phenoxy) is 2. The molecule has 3 heteroatoms. The zero-order valence-electron chi connectivity index (χ0n) is 9.15. The molecule has 1 aliphatic carbocycles. The molecule has 3 rings (SSSR count). The highest BCUT2D eigenvalue weighted by Crippen LogP contribution is 2.46. The minimum absolute atomic E-state index is 0.276. The van der Waals surface area contributed by atoms with E-state index in [4.69, 9.17) is 9.47 Å². The van der Waals surface area contributed by atoms with Crippen molar-refractivity contribution in [1.82, 2.24) is 0 Å². The molecule has 3 nitrogen and oxygen atoms in total. The molecule has 5 unspecified atom stereocenters. The second kappa shape index (κ2) is 3.56. The van der Waals surface area contributed by atoms with Gasteiger partial charge in [-0.25, -0.2) is 0 Å². The molecule has 84 valence electrons. The van der Waals surface area contributed by atoms with Crippen LogP contribution < -0.4 is 0 Å². The Bertz CT molecular complexity index is 276. The van der Waals surface area contributed by atoms with Crippen molar-refractivity contribution >= 4 is 5.78 Å². The van der Waals surface area contributed by atoms with Crippen LogP contribution in [0.2, 0.25) is 0 Å². The molecule has 0 aromatic carbocycles. The fourth-order valence-corrected chi connectivity index (χ4v) is 2.88. The monoisotopic (exact) mass is 210 g/mol. The number of hydrogen-bond donors (Lipinski definition) is 0. The van der Waals surface area contributed by atoms with Crippen LogP contribution in [0.4, 0.5) is 0 Å². The minimum Gasteiger partial charge on any atom is -0.370 e. The molecule has 2 saturated heterocycles. The van der Waals surface area contributed by atoms with Crippen LogP contribution in [0.1, 0.15) is 39.0 Å². The Morgan fingerprint density at radius 3 is 2.87 bits per heavy atom. The van der Waals surface area contributed by atoms with E-state index < -0.39 is 0 Å². The predicted molar refractivity (Wildman–Crippen MR) is 54.6 cm³/mol. The molecule has 2 aliphatic heterocycles. The van der Waals surface area contributed by atoms with Gasteiger partial charge in [-0.3, -0.25) is 0 Å². The van der Waals surface area contributed by atoms with Crippen molar-refractivity contribution < 1.29 is 14.3 Å². The van der Waals surface area contributed by atoms with E-state index in [2.05, 4.69) is 0 Å². The van der Waals surface area contributed by atoms with Crippen molar-refractivity contribution in [3.05, 3.63) is 0 Å². The van der Waals surface area contributed by atoms with Gasteiger partial charge in [-0.2, -0.15) is 0 Å². The molecule has 0 bridgehead atoms. The fourth-order valence-electron chi connectivity index (χ4n) is 2.88. The van der Waals surface area contributed by atoms with Crippen molar-refractivity contribution in [1.29, 1.82) is 0 Å². The molecule has 5 atom stereocenters. The van der Waals surface area contributed by atoms with Gasteiger partial charge >= 0.3 is 0 Å². The van der Waals surface area contributed by atoms with Crippen molar-refractivity contribution in [3.8, 4) is 0 Å². The molecule has 0 aromatic heterocycles. The summed E-state index contributed by atoms with van der Waals surface area (Å²) in [7, 11) is 0. The summed E-state index contributed by atoms with van der Waals surface area (Å²) in [5, 5.41) is 0. The first-order valence-corrected chi connectivity index (χ1v) is 6.04. The van der Waals surface area contributed by atoms with Gasteiger partial charge in [0.2, 0.25) is 0 Å². The smallest absolute Gasteiger partial charge is 0.129 e. The third-order valence-corrected chi connectivity index (χ3v) is 3.91. The summed E-state index contributed by atoms with van der Waals surface area (Å²) in [5.41, 5.74) is 0. The summed E-state index contributed by atoms with van der Waals surface area (Å²) in [6.45, 7) is 1.65. The average Bonchev–Trinajstić information content (AvgIpc) is 3.08. The molecular formula is C12H18O3. The SMILES string of the molecule is CC(=O)CCC1OC1C1CCC2OC2C1. The summed E-state index contributed by atoms with van der Waals surface area (Å²) in [5.74, 6) is 0.976. The standard InChI is InChI=1S/C12H18O3/c1-7(13)2-4-10-12(15-10)8-3-5-9-11(6-8)14-9/h8-12H,2-6H2,1H3. The van der Waals surface area contributed by atoms with Gasteiger partial charge in [0.05, 0.1) is 24.4 Å². The minimum atomic E-state index is 0.276. The lowest BCUT2D eigenvalue weighted by molar-refractivity contribution is -0.117. The molecule has 2 heterocycles. The van der Waals surface area contributed by atoms with Gasteiger partial charge in [0.15, 0.2) is 0 Å². The Kier molecular flexibility index (Phi) is 2.33. The number of hydrogen-bond acceptors (Lipinski definition) is 3. The number of fused-ring (bicyclic) bond motifs is 1. The average molecular weight is 210 g/mol. The molecule has 1 saturated carbocycles. The molecule has 0 spiro atoms. The highest BCUT2D eigenvalue weighted by atomic mass is 16.6. The van der Waals surface area contributed by atoms with Crippen LogP contribution in [-0.4, -0.2) is 30.2 Å². The molecule has 0 aromatic rings. The molecule has 3 fully saturated rings. The summed E-state index contributed by atoms with van der Waals surface area (Å²) in [4.78, 5) is 10.8. The Morgan fingerprint density at radius 1 is 1.27 bits per heavy atom. The topological polar surface area (TPSA) is 42.1 Å². The van der Waals surface area contributed by atoms with Crippen molar-refractivity contribution in [2.75, 3.05) is 0 Å². The van der Waals surface area contributed by atoms with E-state index in [0.29, 0.717) is 36.8 Å². The van der Waals surface area contributed by atoms with E-state index in [1.807, 2.05) is 0 Å². The third kappa shape index (κ3) is 2.08. The highest BCUT2D eigenvalue weighted by molar-refractivity contribution is 5.75. The fraction of sp³-hybridized carbons (Fsp3) is 0.917. The van der Waals surface area contributed by atoms with Crippen LogP contribution >= 0.6 is 0 Å². The van der Waals surface area contributed by atoms with E-state index in [-0.39, 0.29) is 5.78 Å². The highest BCUT2D eigenvalue weighted by Gasteiger charge is 2.51. The number of Topliss-reactive ketones (excluding diaryl/α,β-unsaturated/α-hetero) is 1. The Hall–Kier alpha value is -0.410. The number of carbonyl (C=O) groups excluding carboxylic acids is 1. The first kappa shape index (κ1) is 9.79. The maximum absolute atomic E-state index is 10.8. The van der Waals surface area contributed by atoms with E-state index in [9.17, 15) is 4.79 Å². The molecule has 3 aliphatic rings. The Balaban J connectivity index is 1.43. The zero-order valence-corrected chi connectivity index (χ0v) is 9.15. The van der Waals surface area contributed by atoms with Crippen LogP contribution in [0.3, 0.4) is 0 Å². The molecule has 0 N–H and O–H groups in total. The number of ketones is 1. The number of carbonyl (C=O) groups is 1. The third-order valence-electron chi connectivity index (χ3n) is 3.91. The summed E-state index contributed by atoms with van der Waals surface area (Å²) in [6.07, 6.45) is 7.19. The van der Waals surface area contributed by atoms with Crippen molar-refractivity contribution in [2.24, 2.45) is 5.92 Å². The van der Waals surface area contributed by atoms with E-state index >= 15 is 0 Å². The predicted octanol–water partition coefficient (Wildman–Crippen LogP) is 1.69. The quantitative estimate of drug-likeness (QED) is 0.663.